The third kappa shape index (κ3) is 4.32. The largest absolute Gasteiger partial charge is 0.493 e. The van der Waals surface area contributed by atoms with Gasteiger partial charge in [0.25, 0.3) is 5.91 Å². The molecule has 158 valence electrons. The fourth-order valence-corrected chi connectivity index (χ4v) is 3.13. The maximum Gasteiger partial charge on any atom is 0.265 e. The summed E-state index contributed by atoms with van der Waals surface area (Å²) in [6, 6.07) is 16.8. The number of anilines is 1. The number of nitrogens with one attached hydrogen (secondary N) is 1. The van der Waals surface area contributed by atoms with Crippen LogP contribution in [0, 0.1) is 13.8 Å². The average Bonchev–Trinajstić information content (AvgIpc) is 3.15. The smallest absolute Gasteiger partial charge is 0.265 e. The van der Waals surface area contributed by atoms with Crippen LogP contribution in [0.2, 0.25) is 0 Å². The van der Waals surface area contributed by atoms with Gasteiger partial charge in [-0.25, -0.2) is 0 Å². The van der Waals surface area contributed by atoms with Crippen molar-refractivity contribution in [3.8, 4) is 22.8 Å². The van der Waals surface area contributed by atoms with E-state index < -0.39 is 6.10 Å². The molecule has 2 heterocycles. The van der Waals surface area contributed by atoms with E-state index in [4.69, 9.17) is 9.47 Å². The minimum absolute atomic E-state index is 0.255. The fourth-order valence-electron chi connectivity index (χ4n) is 3.13. The van der Waals surface area contributed by atoms with E-state index >= 15 is 0 Å². The molecule has 8 heteroatoms. The number of benzene rings is 2. The van der Waals surface area contributed by atoms with Crippen LogP contribution in [-0.4, -0.2) is 38.9 Å². The highest BCUT2D eigenvalue weighted by atomic mass is 16.5. The second kappa shape index (κ2) is 8.43. The van der Waals surface area contributed by atoms with E-state index in [1.54, 1.807) is 24.6 Å². The van der Waals surface area contributed by atoms with Crippen molar-refractivity contribution in [1.29, 1.82) is 0 Å². The summed E-state index contributed by atoms with van der Waals surface area (Å²) in [7, 11) is 1.57. The van der Waals surface area contributed by atoms with Gasteiger partial charge in [0.05, 0.1) is 12.8 Å². The Bertz CT molecular complexity index is 1230. The molecule has 0 saturated heterocycles. The number of carbonyl (C=O) groups excluding carboxylic acids is 1. The van der Waals surface area contributed by atoms with Gasteiger partial charge in [-0.2, -0.15) is 9.61 Å². The molecule has 31 heavy (non-hydrogen) atoms. The zero-order valence-electron chi connectivity index (χ0n) is 17.8. The molecule has 4 rings (SSSR count). The number of aromatic nitrogens is 4. The lowest BCUT2D eigenvalue weighted by Gasteiger charge is -2.17. The molecule has 0 aliphatic rings. The van der Waals surface area contributed by atoms with E-state index in [1.807, 2.05) is 62.4 Å². The van der Waals surface area contributed by atoms with Gasteiger partial charge in [0.2, 0.25) is 0 Å². The number of amides is 1. The van der Waals surface area contributed by atoms with Gasteiger partial charge in [0.1, 0.15) is 0 Å². The summed E-state index contributed by atoms with van der Waals surface area (Å²) >= 11 is 0. The van der Waals surface area contributed by atoms with Crippen molar-refractivity contribution < 1.29 is 14.3 Å². The number of nitrogens with zero attached hydrogens (tertiary/aromatic N) is 4. The Balaban J connectivity index is 1.44. The van der Waals surface area contributed by atoms with E-state index in [-0.39, 0.29) is 5.91 Å². The number of rotatable bonds is 6. The molecular formula is C23H23N5O3. The maximum atomic E-state index is 12.6. The molecule has 0 radical (unpaired) electrons. The third-order valence-electron chi connectivity index (χ3n) is 4.86. The minimum Gasteiger partial charge on any atom is -0.493 e. The quantitative estimate of drug-likeness (QED) is 0.513. The molecule has 0 spiro atoms. The highest BCUT2D eigenvalue weighted by Crippen LogP contribution is 2.29. The van der Waals surface area contributed by atoms with Crippen LogP contribution in [0.1, 0.15) is 18.3 Å². The zero-order valence-corrected chi connectivity index (χ0v) is 17.8. The Kier molecular flexibility index (Phi) is 5.53. The van der Waals surface area contributed by atoms with Crippen LogP contribution in [0.4, 0.5) is 5.69 Å². The molecule has 1 atom stereocenters. The molecule has 4 aromatic rings. The van der Waals surface area contributed by atoms with Crippen LogP contribution < -0.4 is 14.8 Å². The molecule has 1 amide bonds. The molecule has 1 N–H and O–H groups in total. The molecular weight excluding hydrogens is 394 g/mol. The molecule has 0 fully saturated rings. The van der Waals surface area contributed by atoms with Gasteiger partial charge in [-0.1, -0.05) is 18.2 Å². The number of hydrogen-bond acceptors (Lipinski definition) is 6. The average molecular weight is 417 g/mol. The zero-order chi connectivity index (χ0) is 22.0. The summed E-state index contributed by atoms with van der Waals surface area (Å²) in [5.41, 5.74) is 4.12. The van der Waals surface area contributed by atoms with Gasteiger partial charge >= 0.3 is 0 Å². The normalized spacial score (nSPS) is 11.9. The predicted octanol–water partition coefficient (Wildman–Crippen LogP) is 3.82. The first kappa shape index (κ1) is 20.3. The topological polar surface area (TPSA) is 90.6 Å². The summed E-state index contributed by atoms with van der Waals surface area (Å²) in [6.07, 6.45) is -0.697. The van der Waals surface area contributed by atoms with Crippen molar-refractivity contribution >= 4 is 17.2 Å². The first-order valence-corrected chi connectivity index (χ1v) is 9.86. The van der Waals surface area contributed by atoms with Crippen LogP contribution in [0.3, 0.4) is 0 Å². The molecule has 0 aliphatic carbocycles. The molecule has 0 saturated carbocycles. The lowest BCUT2D eigenvalue weighted by atomic mass is 10.1. The SMILES string of the molecule is COc1cc(C)ccc1OC(C)C(=O)Nc1ccc(-c2ccc3nnc(C)n3n2)cc1. The molecule has 0 bridgehead atoms. The highest BCUT2D eigenvalue weighted by molar-refractivity contribution is 5.94. The molecule has 8 nitrogen and oxygen atoms in total. The number of aryl methyl sites for hydroxylation is 2. The monoisotopic (exact) mass is 417 g/mol. The number of methoxy groups -OCH3 is 1. The maximum absolute atomic E-state index is 12.6. The fraction of sp³-hybridized carbons (Fsp3) is 0.217. The van der Waals surface area contributed by atoms with Crippen LogP contribution in [0.5, 0.6) is 11.5 Å². The van der Waals surface area contributed by atoms with Crippen LogP contribution in [0.15, 0.2) is 54.6 Å². The lowest BCUT2D eigenvalue weighted by Crippen LogP contribution is -2.30. The van der Waals surface area contributed by atoms with Crippen molar-refractivity contribution in [2.45, 2.75) is 26.9 Å². The second-order valence-electron chi connectivity index (χ2n) is 7.22. The summed E-state index contributed by atoms with van der Waals surface area (Å²) < 4.78 is 12.8. The van der Waals surface area contributed by atoms with E-state index in [0.29, 0.717) is 22.8 Å². The number of hydrogen-bond donors (Lipinski definition) is 1. The summed E-state index contributed by atoms with van der Waals surface area (Å²) in [5, 5.41) is 15.5. The third-order valence-corrected chi connectivity index (χ3v) is 4.86. The van der Waals surface area contributed by atoms with Gasteiger partial charge in [-0.15, -0.1) is 10.2 Å². The van der Waals surface area contributed by atoms with Crippen molar-refractivity contribution in [2.75, 3.05) is 12.4 Å². The standard InChI is InChI=1S/C23H23N5O3/c1-14-5-11-20(21(13-14)30-4)31-15(2)23(29)24-18-8-6-17(7-9-18)19-10-12-22-26-25-16(3)28(22)27-19/h5-13,15H,1-4H3,(H,24,29). The Morgan fingerprint density at radius 1 is 1.00 bits per heavy atom. The van der Waals surface area contributed by atoms with Crippen LogP contribution in [-0.2, 0) is 4.79 Å². The van der Waals surface area contributed by atoms with Crippen LogP contribution >= 0.6 is 0 Å². The van der Waals surface area contributed by atoms with Gasteiger partial charge in [-0.05, 0) is 62.7 Å². The van der Waals surface area contributed by atoms with E-state index in [1.165, 1.54) is 0 Å². The highest BCUT2D eigenvalue weighted by Gasteiger charge is 2.17. The first-order chi connectivity index (χ1) is 14.9. The summed E-state index contributed by atoms with van der Waals surface area (Å²) in [5.74, 6) is 1.59. The molecule has 1 unspecified atom stereocenters. The molecule has 0 aliphatic heterocycles. The van der Waals surface area contributed by atoms with Crippen LogP contribution in [0.25, 0.3) is 16.9 Å². The first-order valence-electron chi connectivity index (χ1n) is 9.86. The summed E-state index contributed by atoms with van der Waals surface area (Å²) in [4.78, 5) is 12.6. The number of ether oxygens (including phenoxy) is 2. The van der Waals surface area contributed by atoms with Gasteiger partial charge in [0, 0.05) is 11.3 Å². The van der Waals surface area contributed by atoms with E-state index in [9.17, 15) is 4.79 Å². The second-order valence-corrected chi connectivity index (χ2v) is 7.22. The van der Waals surface area contributed by atoms with Gasteiger partial charge in [0.15, 0.2) is 29.1 Å². The minimum atomic E-state index is -0.697. The molecule has 2 aromatic carbocycles. The van der Waals surface area contributed by atoms with Crippen molar-refractivity contribution in [1.82, 2.24) is 19.8 Å². The van der Waals surface area contributed by atoms with Gasteiger partial charge in [-0.3, -0.25) is 4.79 Å². The van der Waals surface area contributed by atoms with Crippen molar-refractivity contribution in [3.63, 3.8) is 0 Å². The predicted molar refractivity (Wildman–Crippen MR) is 117 cm³/mol. The Morgan fingerprint density at radius 3 is 2.52 bits per heavy atom. The lowest BCUT2D eigenvalue weighted by molar-refractivity contribution is -0.122. The Hall–Kier alpha value is -3.94. The molecule has 2 aromatic heterocycles. The van der Waals surface area contributed by atoms with Gasteiger partial charge < -0.3 is 14.8 Å². The van der Waals surface area contributed by atoms with E-state index in [2.05, 4.69) is 20.6 Å². The van der Waals surface area contributed by atoms with Crippen molar-refractivity contribution in [2.24, 2.45) is 0 Å². The Labute approximate surface area is 179 Å². The van der Waals surface area contributed by atoms with Crippen molar-refractivity contribution in [3.05, 3.63) is 66.0 Å². The number of carbonyl (C=O) groups is 1. The summed E-state index contributed by atoms with van der Waals surface area (Å²) in [6.45, 7) is 5.52. The number of fused-ring (bicyclic) bond motifs is 1. The van der Waals surface area contributed by atoms with E-state index in [0.717, 1.165) is 22.6 Å². The Morgan fingerprint density at radius 2 is 1.77 bits per heavy atom.